The van der Waals surface area contributed by atoms with Crippen molar-refractivity contribution in [1.29, 1.82) is 0 Å². The Morgan fingerprint density at radius 2 is 2.03 bits per heavy atom. The van der Waals surface area contributed by atoms with Crippen LogP contribution in [0.1, 0.15) is 31.7 Å². The third-order valence-electron chi connectivity index (χ3n) is 5.71. The standard InChI is InChI=1S/C19H25N9O4/c1-5-11-7-13(29)23-18(21-11)28-12(6-10(2)24-28)22-14(30)8-27-9-20-16-15(27)17(31)26(4)19(32)25(16)3/h6,9,11,15,18,21H,5,7-8H2,1-4H3,(H-,22,23,24,29,30)/p+1. The smallest absolute Gasteiger partial charge is 0.322 e. The van der Waals surface area contributed by atoms with E-state index in [1.54, 1.807) is 13.0 Å². The number of nitrogens with one attached hydrogen (secondary N) is 3. The zero-order chi connectivity index (χ0) is 23.2. The van der Waals surface area contributed by atoms with Crippen LogP contribution in [-0.4, -0.2) is 92.8 Å². The average molecular weight is 444 g/mol. The summed E-state index contributed by atoms with van der Waals surface area (Å²) in [6, 6.07) is 0.384. The lowest BCUT2D eigenvalue weighted by Gasteiger charge is -2.32. The van der Waals surface area contributed by atoms with Gasteiger partial charge in [0.25, 0.3) is 30.0 Å². The normalized spacial score (nSPS) is 25.4. The van der Waals surface area contributed by atoms with Gasteiger partial charge in [-0.05, 0) is 18.3 Å². The third kappa shape index (κ3) is 3.75. The van der Waals surface area contributed by atoms with Gasteiger partial charge in [0, 0.05) is 32.6 Å². The van der Waals surface area contributed by atoms with E-state index in [0.717, 1.165) is 11.3 Å². The number of hydrogen-bond acceptors (Lipinski definition) is 7. The van der Waals surface area contributed by atoms with Gasteiger partial charge in [0.1, 0.15) is 5.82 Å². The fraction of sp³-hybridized carbons (Fsp3) is 0.526. The number of anilines is 1. The van der Waals surface area contributed by atoms with Crippen LogP contribution < -0.4 is 16.0 Å². The van der Waals surface area contributed by atoms with Crippen LogP contribution in [0.3, 0.4) is 0 Å². The molecule has 5 amide bonds. The third-order valence-corrected chi connectivity index (χ3v) is 5.71. The second-order valence-corrected chi connectivity index (χ2v) is 8.03. The molecule has 3 unspecified atom stereocenters. The molecule has 13 heteroatoms. The fourth-order valence-corrected chi connectivity index (χ4v) is 3.98. The van der Waals surface area contributed by atoms with Crippen LogP contribution in [0.2, 0.25) is 0 Å². The molecule has 4 rings (SSSR count). The number of aromatic nitrogens is 2. The van der Waals surface area contributed by atoms with Gasteiger partial charge in [0.2, 0.25) is 5.91 Å². The Bertz CT molecular complexity index is 1060. The fourth-order valence-electron chi connectivity index (χ4n) is 3.98. The van der Waals surface area contributed by atoms with E-state index >= 15 is 0 Å². The van der Waals surface area contributed by atoms with Gasteiger partial charge in [-0.25, -0.2) is 14.1 Å². The first kappa shape index (κ1) is 21.6. The van der Waals surface area contributed by atoms with Gasteiger partial charge in [-0.15, -0.1) is 0 Å². The summed E-state index contributed by atoms with van der Waals surface area (Å²) in [5.74, 6) is -0.258. The minimum atomic E-state index is -0.843. The number of carbonyl (C=O) groups is 4. The summed E-state index contributed by atoms with van der Waals surface area (Å²) in [4.78, 5) is 56.1. The summed E-state index contributed by atoms with van der Waals surface area (Å²) in [5.41, 5.74) is 0.664. The zero-order valence-corrected chi connectivity index (χ0v) is 18.3. The molecule has 3 aliphatic rings. The number of aryl methyl sites for hydroxylation is 1. The Labute approximate surface area is 184 Å². The molecule has 3 N–H and O–H groups in total. The van der Waals surface area contributed by atoms with Gasteiger partial charge in [-0.3, -0.25) is 29.5 Å². The summed E-state index contributed by atoms with van der Waals surface area (Å²) < 4.78 is 3.00. The first-order valence-electron chi connectivity index (χ1n) is 10.3. The van der Waals surface area contributed by atoms with Crippen LogP contribution in [0.25, 0.3) is 0 Å². The molecule has 0 saturated carbocycles. The Morgan fingerprint density at radius 3 is 2.75 bits per heavy atom. The molecule has 1 aromatic heterocycles. The quantitative estimate of drug-likeness (QED) is 0.488. The topological polar surface area (TPSA) is 144 Å². The molecule has 13 nitrogen and oxygen atoms in total. The summed E-state index contributed by atoms with van der Waals surface area (Å²) in [7, 11) is 2.93. The average Bonchev–Trinajstić information content (AvgIpc) is 3.33. The molecule has 0 aliphatic carbocycles. The van der Waals surface area contributed by atoms with Crippen LogP contribution in [-0.2, 0) is 14.4 Å². The highest BCUT2D eigenvalue weighted by molar-refractivity contribution is 6.21. The lowest BCUT2D eigenvalue weighted by atomic mass is 10.1. The number of amides is 5. The maximum absolute atomic E-state index is 12.8. The number of nitrogens with zero attached hydrogens (tertiary/aromatic N) is 6. The first-order chi connectivity index (χ1) is 15.2. The molecule has 1 aromatic rings. The Hall–Kier alpha value is -3.61. The minimum absolute atomic E-state index is 0.00517. The summed E-state index contributed by atoms with van der Waals surface area (Å²) >= 11 is 0. The zero-order valence-electron chi connectivity index (χ0n) is 18.3. The van der Waals surface area contributed by atoms with Gasteiger partial charge in [-0.2, -0.15) is 5.10 Å². The molecule has 32 heavy (non-hydrogen) atoms. The molecule has 3 atom stereocenters. The van der Waals surface area contributed by atoms with Crippen molar-refractivity contribution in [3.63, 3.8) is 0 Å². The van der Waals surface area contributed by atoms with Crippen LogP contribution in [0.15, 0.2) is 11.1 Å². The molecule has 3 aliphatic heterocycles. The Morgan fingerprint density at radius 1 is 1.28 bits per heavy atom. The number of urea groups is 1. The van der Waals surface area contributed by atoms with Crippen molar-refractivity contribution in [1.82, 2.24) is 30.2 Å². The number of hydrogen-bond donors (Lipinski definition) is 3. The number of rotatable bonds is 5. The van der Waals surface area contributed by atoms with Gasteiger partial charge in [0.15, 0.2) is 12.8 Å². The molecule has 0 radical (unpaired) electrons. The summed E-state index contributed by atoms with van der Waals surface area (Å²) in [6.07, 6.45) is 1.95. The predicted octanol–water partition coefficient (Wildman–Crippen LogP) is -1.18. The van der Waals surface area contributed by atoms with Gasteiger partial charge in [0.05, 0.1) is 5.69 Å². The highest BCUT2D eigenvalue weighted by Gasteiger charge is 2.50. The number of amidine groups is 1. The van der Waals surface area contributed by atoms with Crippen LogP contribution >= 0.6 is 0 Å². The number of likely N-dealkylation sites (N-methyl/N-ethyl adjacent to an activating group) is 2. The van der Waals surface area contributed by atoms with E-state index in [0.29, 0.717) is 17.9 Å². The molecule has 0 spiro atoms. The second kappa shape index (κ2) is 8.15. The summed E-state index contributed by atoms with van der Waals surface area (Å²) in [5, 5.41) is 13.3. The van der Waals surface area contributed by atoms with E-state index in [1.165, 1.54) is 34.6 Å². The van der Waals surface area contributed by atoms with Crippen molar-refractivity contribution in [2.24, 2.45) is 4.99 Å². The number of carbonyl (C=O) groups excluding carboxylic acids is 4. The van der Waals surface area contributed by atoms with Crippen molar-refractivity contribution < 1.29 is 23.8 Å². The van der Waals surface area contributed by atoms with Crippen molar-refractivity contribution in [2.75, 3.05) is 26.0 Å². The maximum Gasteiger partial charge on any atom is 0.333 e. The second-order valence-electron chi connectivity index (χ2n) is 8.03. The Kier molecular flexibility index (Phi) is 5.50. The molecule has 4 heterocycles. The molecule has 2 fully saturated rings. The largest absolute Gasteiger partial charge is 0.333 e. The maximum atomic E-state index is 12.8. The molecule has 2 saturated heterocycles. The minimum Gasteiger partial charge on any atom is -0.322 e. The van der Waals surface area contributed by atoms with E-state index in [4.69, 9.17) is 0 Å². The number of aliphatic imine (C=N–C) groups is 1. The van der Waals surface area contributed by atoms with Crippen molar-refractivity contribution >= 4 is 41.7 Å². The van der Waals surface area contributed by atoms with E-state index in [2.05, 4.69) is 26.0 Å². The lowest BCUT2D eigenvalue weighted by Crippen LogP contribution is -2.61. The Balaban J connectivity index is 1.47. The molecule has 0 bridgehead atoms. The molecular formula is C19H26N9O4+. The highest BCUT2D eigenvalue weighted by atomic mass is 16.2. The van der Waals surface area contributed by atoms with E-state index in [1.807, 2.05) is 6.92 Å². The first-order valence-corrected chi connectivity index (χ1v) is 10.3. The van der Waals surface area contributed by atoms with Gasteiger partial charge < -0.3 is 10.6 Å². The van der Waals surface area contributed by atoms with Crippen LogP contribution in [0.5, 0.6) is 0 Å². The number of fused-ring (bicyclic) bond motifs is 1. The molecule has 170 valence electrons. The molecule has 0 aromatic carbocycles. The SMILES string of the molecule is CCC1CC(=O)NC(n2nc(C)cc2NC(=O)C[N+]2=CN=C3C2C(=O)N(C)C(=O)N3C)N1. The van der Waals surface area contributed by atoms with E-state index in [9.17, 15) is 19.2 Å². The van der Waals surface area contributed by atoms with Crippen molar-refractivity contribution in [3.05, 3.63) is 11.8 Å². The van der Waals surface area contributed by atoms with Crippen LogP contribution in [0, 0.1) is 6.92 Å². The number of imide groups is 1. The van der Waals surface area contributed by atoms with Crippen molar-refractivity contribution in [2.45, 2.75) is 45.1 Å². The predicted molar refractivity (Wildman–Crippen MR) is 113 cm³/mol. The van der Waals surface area contributed by atoms with Gasteiger partial charge in [-0.1, -0.05) is 6.92 Å². The van der Waals surface area contributed by atoms with E-state index in [-0.39, 0.29) is 24.3 Å². The van der Waals surface area contributed by atoms with E-state index < -0.39 is 30.2 Å². The molecular weight excluding hydrogens is 418 g/mol. The van der Waals surface area contributed by atoms with Crippen molar-refractivity contribution in [3.8, 4) is 0 Å². The highest BCUT2D eigenvalue weighted by Crippen LogP contribution is 2.19. The lowest BCUT2D eigenvalue weighted by molar-refractivity contribution is -0.519. The van der Waals surface area contributed by atoms with Gasteiger partial charge >= 0.3 is 6.03 Å². The summed E-state index contributed by atoms with van der Waals surface area (Å²) in [6.45, 7) is 3.61. The van der Waals surface area contributed by atoms with Crippen LogP contribution in [0.4, 0.5) is 10.6 Å². The monoisotopic (exact) mass is 444 g/mol.